The van der Waals surface area contributed by atoms with Crippen molar-refractivity contribution in [3.8, 4) is 0 Å². The van der Waals surface area contributed by atoms with Crippen LogP contribution in [0.3, 0.4) is 0 Å². The maximum Gasteiger partial charge on any atom is 0.221 e. The molecule has 0 bridgehead atoms. The van der Waals surface area contributed by atoms with E-state index in [1.807, 2.05) is 6.92 Å². The van der Waals surface area contributed by atoms with E-state index in [1.54, 1.807) is 0 Å². The summed E-state index contributed by atoms with van der Waals surface area (Å²) < 4.78 is 0. The molecule has 0 aromatic rings. The van der Waals surface area contributed by atoms with Gasteiger partial charge in [0.05, 0.1) is 0 Å². The quantitative estimate of drug-likeness (QED) is 0.703. The molecule has 88 valence electrons. The molecule has 1 heterocycles. The zero-order valence-corrected chi connectivity index (χ0v) is 9.99. The van der Waals surface area contributed by atoms with Gasteiger partial charge < -0.3 is 16.0 Å². The maximum atomic E-state index is 11.5. The maximum absolute atomic E-state index is 11.5. The SMILES string of the molecule is CC(N)CC(=O)NC1CCN(C)CC1C. The second-order valence-electron chi connectivity index (χ2n) is 4.88. The number of likely N-dealkylation sites (tertiary alicyclic amines) is 1. The minimum Gasteiger partial charge on any atom is -0.353 e. The molecule has 4 heteroatoms. The lowest BCUT2D eigenvalue weighted by Crippen LogP contribution is -2.49. The molecule has 3 unspecified atom stereocenters. The second-order valence-corrected chi connectivity index (χ2v) is 4.88. The van der Waals surface area contributed by atoms with Crippen LogP contribution in [-0.2, 0) is 4.79 Å². The number of nitrogens with one attached hydrogen (secondary N) is 1. The van der Waals surface area contributed by atoms with Gasteiger partial charge in [0.15, 0.2) is 0 Å². The summed E-state index contributed by atoms with van der Waals surface area (Å²) in [7, 11) is 2.12. The standard InChI is InChI=1S/C11H23N3O/c1-8-7-14(3)5-4-10(8)13-11(15)6-9(2)12/h8-10H,4-7,12H2,1-3H3,(H,13,15). The van der Waals surface area contributed by atoms with Crippen LogP contribution in [0.1, 0.15) is 26.7 Å². The lowest BCUT2D eigenvalue weighted by molar-refractivity contribution is -0.122. The molecule has 4 nitrogen and oxygen atoms in total. The third-order valence-electron chi connectivity index (χ3n) is 2.96. The van der Waals surface area contributed by atoms with Crippen LogP contribution in [0.5, 0.6) is 0 Å². The van der Waals surface area contributed by atoms with Gasteiger partial charge in [0.25, 0.3) is 0 Å². The van der Waals surface area contributed by atoms with Gasteiger partial charge in [0.2, 0.25) is 5.91 Å². The highest BCUT2D eigenvalue weighted by molar-refractivity contribution is 5.76. The average Bonchev–Trinajstić information content (AvgIpc) is 2.08. The molecule has 1 aliphatic rings. The predicted octanol–water partition coefficient (Wildman–Crippen LogP) is 0.180. The number of nitrogens with two attached hydrogens (primary N) is 1. The molecular formula is C11H23N3O. The average molecular weight is 213 g/mol. The van der Waals surface area contributed by atoms with E-state index in [4.69, 9.17) is 5.73 Å². The first-order valence-electron chi connectivity index (χ1n) is 5.72. The van der Waals surface area contributed by atoms with Crippen molar-refractivity contribution in [1.29, 1.82) is 0 Å². The van der Waals surface area contributed by atoms with Crippen LogP contribution in [0.15, 0.2) is 0 Å². The molecule has 0 spiro atoms. The van der Waals surface area contributed by atoms with Gasteiger partial charge >= 0.3 is 0 Å². The topological polar surface area (TPSA) is 58.4 Å². The molecule has 3 N–H and O–H groups in total. The zero-order valence-electron chi connectivity index (χ0n) is 9.99. The van der Waals surface area contributed by atoms with Crippen LogP contribution in [0.2, 0.25) is 0 Å². The van der Waals surface area contributed by atoms with Crippen molar-refractivity contribution in [1.82, 2.24) is 10.2 Å². The number of rotatable bonds is 3. The number of hydrogen-bond donors (Lipinski definition) is 2. The van der Waals surface area contributed by atoms with Crippen molar-refractivity contribution >= 4 is 5.91 Å². The lowest BCUT2D eigenvalue weighted by atomic mass is 9.94. The molecule has 0 aromatic heterocycles. The molecule has 0 aromatic carbocycles. The van der Waals surface area contributed by atoms with Crippen molar-refractivity contribution in [2.75, 3.05) is 20.1 Å². The first kappa shape index (κ1) is 12.5. The van der Waals surface area contributed by atoms with E-state index >= 15 is 0 Å². The molecule has 1 amide bonds. The van der Waals surface area contributed by atoms with Crippen LogP contribution in [-0.4, -0.2) is 43.0 Å². The molecule has 0 radical (unpaired) electrons. The summed E-state index contributed by atoms with van der Waals surface area (Å²) in [6.45, 7) is 6.17. The van der Waals surface area contributed by atoms with Crippen molar-refractivity contribution in [2.24, 2.45) is 11.7 Å². The van der Waals surface area contributed by atoms with Gasteiger partial charge in [0, 0.05) is 25.0 Å². The Hall–Kier alpha value is -0.610. The Morgan fingerprint density at radius 1 is 1.67 bits per heavy atom. The van der Waals surface area contributed by atoms with Crippen molar-refractivity contribution < 1.29 is 4.79 Å². The van der Waals surface area contributed by atoms with Gasteiger partial charge in [-0.1, -0.05) is 6.92 Å². The van der Waals surface area contributed by atoms with Crippen LogP contribution < -0.4 is 11.1 Å². The molecule has 1 aliphatic heterocycles. The highest BCUT2D eigenvalue weighted by Gasteiger charge is 2.25. The molecule has 3 atom stereocenters. The summed E-state index contributed by atoms with van der Waals surface area (Å²) in [6.07, 6.45) is 1.47. The Balaban J connectivity index is 2.34. The van der Waals surface area contributed by atoms with Crippen LogP contribution in [0, 0.1) is 5.92 Å². The molecule has 15 heavy (non-hydrogen) atoms. The fourth-order valence-corrected chi connectivity index (χ4v) is 2.13. The van der Waals surface area contributed by atoms with Crippen molar-refractivity contribution in [3.63, 3.8) is 0 Å². The summed E-state index contributed by atoms with van der Waals surface area (Å²) in [6, 6.07) is 0.277. The Morgan fingerprint density at radius 2 is 2.33 bits per heavy atom. The van der Waals surface area contributed by atoms with Crippen molar-refractivity contribution in [2.45, 2.75) is 38.8 Å². The van der Waals surface area contributed by atoms with Gasteiger partial charge in [-0.15, -0.1) is 0 Å². The van der Waals surface area contributed by atoms with E-state index in [0.29, 0.717) is 18.4 Å². The normalized spacial score (nSPS) is 29.9. The van der Waals surface area contributed by atoms with Crippen molar-refractivity contribution in [3.05, 3.63) is 0 Å². The summed E-state index contributed by atoms with van der Waals surface area (Å²) in [5, 5.41) is 3.07. The summed E-state index contributed by atoms with van der Waals surface area (Å²) >= 11 is 0. The summed E-state index contributed by atoms with van der Waals surface area (Å²) in [5.74, 6) is 0.618. The van der Waals surface area contributed by atoms with Gasteiger partial charge in [0.1, 0.15) is 0 Å². The fraction of sp³-hybridized carbons (Fsp3) is 0.909. The third kappa shape index (κ3) is 4.18. The van der Waals surface area contributed by atoms with E-state index in [0.717, 1.165) is 19.5 Å². The first-order chi connectivity index (χ1) is 6.99. The van der Waals surface area contributed by atoms with Crippen LogP contribution in [0.25, 0.3) is 0 Å². The van der Waals surface area contributed by atoms with Gasteiger partial charge in [-0.3, -0.25) is 4.79 Å². The number of piperidine rings is 1. The summed E-state index contributed by atoms with van der Waals surface area (Å²) in [5.41, 5.74) is 5.59. The second kappa shape index (κ2) is 5.47. The number of amides is 1. The minimum absolute atomic E-state index is 0.0495. The molecule has 1 rings (SSSR count). The van der Waals surface area contributed by atoms with E-state index < -0.39 is 0 Å². The first-order valence-corrected chi connectivity index (χ1v) is 5.72. The molecule has 1 saturated heterocycles. The smallest absolute Gasteiger partial charge is 0.221 e. The molecule has 0 saturated carbocycles. The van der Waals surface area contributed by atoms with Crippen LogP contribution in [0.4, 0.5) is 0 Å². The highest BCUT2D eigenvalue weighted by atomic mass is 16.1. The molecule has 0 aliphatic carbocycles. The Morgan fingerprint density at radius 3 is 2.87 bits per heavy atom. The molecule has 1 fully saturated rings. The van der Waals surface area contributed by atoms with Gasteiger partial charge in [-0.2, -0.15) is 0 Å². The largest absolute Gasteiger partial charge is 0.353 e. The Kier molecular flexibility index (Phi) is 4.54. The Labute approximate surface area is 92.2 Å². The van der Waals surface area contributed by atoms with Gasteiger partial charge in [-0.05, 0) is 32.9 Å². The van der Waals surface area contributed by atoms with E-state index in [9.17, 15) is 4.79 Å². The van der Waals surface area contributed by atoms with E-state index in [2.05, 4.69) is 24.2 Å². The number of nitrogens with zero attached hydrogens (tertiary/aromatic N) is 1. The predicted molar refractivity (Wildman–Crippen MR) is 61.5 cm³/mol. The number of hydrogen-bond acceptors (Lipinski definition) is 3. The lowest BCUT2D eigenvalue weighted by Gasteiger charge is -2.35. The van der Waals surface area contributed by atoms with E-state index in [-0.39, 0.29) is 11.9 Å². The number of carbonyl (C=O) groups excluding carboxylic acids is 1. The Bertz CT molecular complexity index is 218. The van der Waals surface area contributed by atoms with Crippen LogP contribution >= 0.6 is 0 Å². The number of carbonyl (C=O) groups is 1. The summed E-state index contributed by atoms with van der Waals surface area (Å²) in [4.78, 5) is 13.8. The minimum atomic E-state index is -0.0495. The third-order valence-corrected chi connectivity index (χ3v) is 2.96. The molecular weight excluding hydrogens is 190 g/mol. The monoisotopic (exact) mass is 213 g/mol. The van der Waals surface area contributed by atoms with Gasteiger partial charge in [-0.25, -0.2) is 0 Å². The van der Waals surface area contributed by atoms with E-state index in [1.165, 1.54) is 0 Å². The fourth-order valence-electron chi connectivity index (χ4n) is 2.13. The highest BCUT2D eigenvalue weighted by Crippen LogP contribution is 2.15. The zero-order chi connectivity index (χ0) is 11.4.